The van der Waals surface area contributed by atoms with Crippen LogP contribution in [0.5, 0.6) is 5.75 Å². The van der Waals surface area contributed by atoms with Crippen LogP contribution in [0.3, 0.4) is 0 Å². The molecule has 1 aliphatic rings. The van der Waals surface area contributed by atoms with Crippen LogP contribution < -0.4 is 5.43 Å². The molecule has 26 heavy (non-hydrogen) atoms. The number of aryl methyl sites for hydroxylation is 1. The van der Waals surface area contributed by atoms with E-state index in [9.17, 15) is 9.90 Å². The first-order chi connectivity index (χ1) is 12.1. The molecule has 0 saturated heterocycles. The molecule has 0 saturated carbocycles. The van der Waals surface area contributed by atoms with Crippen molar-refractivity contribution < 1.29 is 15.0 Å². The van der Waals surface area contributed by atoms with E-state index < -0.39 is 5.97 Å². The maximum Gasteiger partial charge on any atom is 0.303 e. The molecule has 1 aliphatic carbocycles. The van der Waals surface area contributed by atoms with Crippen LogP contribution >= 0.6 is 11.6 Å². The van der Waals surface area contributed by atoms with E-state index >= 15 is 0 Å². The lowest BCUT2D eigenvalue weighted by atomic mass is 9.84. The lowest BCUT2D eigenvalue weighted by Gasteiger charge is -2.23. The summed E-state index contributed by atoms with van der Waals surface area (Å²) in [5.74, 6) is -0.832. The van der Waals surface area contributed by atoms with Gasteiger partial charge in [0, 0.05) is 17.0 Å². The topological polar surface area (TPSA) is 106 Å². The Hall–Kier alpha value is -2.60. The number of carboxylic acids is 1. The molecule has 0 unspecified atom stereocenters. The Morgan fingerprint density at radius 2 is 2.00 bits per heavy atom. The molecule has 0 amide bonds. The first kappa shape index (κ1) is 19.7. The standard InChI is InChI=1S/C19H22ClN3O3/c1-19(2,3)13-8-11(4-7-17(24)25)9-16(18(13)26)23-22-15-10-12(20)5-6-14(15)21/h5-6,8-10,21,23,26H,4,7H2,1-3H3,(H,24,25)/b21-14?,22-15-. The molecule has 138 valence electrons. The van der Waals surface area contributed by atoms with E-state index in [1.165, 1.54) is 6.08 Å². The number of benzene rings is 1. The molecule has 0 fully saturated rings. The van der Waals surface area contributed by atoms with Gasteiger partial charge in [0.2, 0.25) is 0 Å². The molecule has 7 heteroatoms. The van der Waals surface area contributed by atoms with Gasteiger partial charge in [0.25, 0.3) is 0 Å². The van der Waals surface area contributed by atoms with Crippen LogP contribution in [0.1, 0.15) is 38.3 Å². The molecule has 0 aliphatic heterocycles. The Morgan fingerprint density at radius 3 is 2.62 bits per heavy atom. The normalized spacial score (nSPS) is 15.9. The number of halogens is 1. The molecular formula is C19H22ClN3O3. The quantitative estimate of drug-likeness (QED) is 0.351. The summed E-state index contributed by atoms with van der Waals surface area (Å²) < 4.78 is 0. The van der Waals surface area contributed by atoms with Gasteiger partial charge >= 0.3 is 5.97 Å². The van der Waals surface area contributed by atoms with E-state index in [0.29, 0.717) is 28.4 Å². The second kappa shape index (κ2) is 7.74. The Labute approximate surface area is 157 Å². The predicted octanol–water partition coefficient (Wildman–Crippen LogP) is 4.19. The second-order valence-electron chi connectivity index (χ2n) is 7.07. The first-order valence-corrected chi connectivity index (χ1v) is 8.52. The van der Waals surface area contributed by atoms with Gasteiger partial charge in [-0.15, -0.1) is 0 Å². The molecule has 6 nitrogen and oxygen atoms in total. The third-order valence-corrected chi connectivity index (χ3v) is 4.10. The number of allylic oxidation sites excluding steroid dienone is 4. The Kier molecular flexibility index (Phi) is 5.87. The summed E-state index contributed by atoms with van der Waals surface area (Å²) in [7, 11) is 0. The van der Waals surface area contributed by atoms with Gasteiger partial charge in [-0.1, -0.05) is 38.4 Å². The Balaban J connectivity index is 2.40. The van der Waals surface area contributed by atoms with Crippen molar-refractivity contribution in [2.45, 2.75) is 39.0 Å². The Bertz CT molecular complexity index is 833. The number of carboxylic acid groups (broad SMARTS) is 1. The summed E-state index contributed by atoms with van der Waals surface area (Å²) in [5.41, 5.74) is 4.81. The molecule has 0 spiro atoms. The van der Waals surface area contributed by atoms with Crippen LogP contribution in [0, 0.1) is 5.41 Å². The number of carbonyl (C=O) groups is 1. The van der Waals surface area contributed by atoms with Crippen molar-refractivity contribution in [3.8, 4) is 5.75 Å². The van der Waals surface area contributed by atoms with Crippen molar-refractivity contribution in [3.05, 3.63) is 46.5 Å². The molecule has 4 N–H and O–H groups in total. The summed E-state index contributed by atoms with van der Waals surface area (Å²) >= 11 is 5.93. The maximum absolute atomic E-state index is 10.9. The van der Waals surface area contributed by atoms with E-state index in [-0.39, 0.29) is 23.3 Å². The lowest BCUT2D eigenvalue weighted by molar-refractivity contribution is -0.136. The number of anilines is 1. The molecule has 0 heterocycles. The fourth-order valence-corrected chi connectivity index (χ4v) is 2.63. The van der Waals surface area contributed by atoms with Crippen molar-refractivity contribution in [2.24, 2.45) is 5.10 Å². The molecule has 0 atom stereocenters. The van der Waals surface area contributed by atoms with E-state index in [1.54, 1.807) is 18.2 Å². The van der Waals surface area contributed by atoms with Crippen molar-refractivity contribution in [3.63, 3.8) is 0 Å². The number of hydrazone groups is 1. The second-order valence-corrected chi connectivity index (χ2v) is 7.50. The van der Waals surface area contributed by atoms with Crippen LogP contribution in [-0.2, 0) is 16.6 Å². The highest BCUT2D eigenvalue weighted by Crippen LogP contribution is 2.37. The number of nitrogens with one attached hydrogen (secondary N) is 2. The van der Waals surface area contributed by atoms with Crippen LogP contribution in [0.15, 0.2) is 40.5 Å². The maximum atomic E-state index is 10.9. The average molecular weight is 376 g/mol. The first-order valence-electron chi connectivity index (χ1n) is 8.14. The minimum atomic E-state index is -0.882. The number of aromatic hydroxyl groups is 1. The van der Waals surface area contributed by atoms with Gasteiger partial charge in [-0.2, -0.15) is 5.10 Å². The summed E-state index contributed by atoms with van der Waals surface area (Å²) in [6, 6.07) is 3.49. The number of nitrogens with zero attached hydrogens (tertiary/aromatic N) is 1. The highest BCUT2D eigenvalue weighted by molar-refractivity contribution is 6.52. The van der Waals surface area contributed by atoms with Crippen molar-refractivity contribution in [1.82, 2.24) is 0 Å². The summed E-state index contributed by atoms with van der Waals surface area (Å²) in [6.07, 6.45) is 5.02. The van der Waals surface area contributed by atoms with Gasteiger partial charge in [0.1, 0.15) is 11.5 Å². The molecule has 1 aromatic rings. The third-order valence-electron chi connectivity index (χ3n) is 3.86. The molecule has 0 bridgehead atoms. The molecule has 0 aromatic heterocycles. The van der Waals surface area contributed by atoms with E-state index in [2.05, 4.69) is 10.5 Å². The minimum absolute atomic E-state index is 0.00387. The zero-order valence-electron chi connectivity index (χ0n) is 14.9. The van der Waals surface area contributed by atoms with Gasteiger partial charge in [0.05, 0.1) is 11.4 Å². The molecule has 0 radical (unpaired) electrons. The minimum Gasteiger partial charge on any atom is -0.505 e. The van der Waals surface area contributed by atoms with E-state index in [4.69, 9.17) is 22.1 Å². The van der Waals surface area contributed by atoms with Crippen molar-refractivity contribution in [2.75, 3.05) is 5.43 Å². The van der Waals surface area contributed by atoms with Gasteiger partial charge in [0.15, 0.2) is 0 Å². The van der Waals surface area contributed by atoms with E-state index in [1.807, 2.05) is 26.8 Å². The van der Waals surface area contributed by atoms with Crippen LogP contribution in [0.2, 0.25) is 0 Å². The fourth-order valence-electron chi connectivity index (χ4n) is 2.46. The van der Waals surface area contributed by atoms with Crippen LogP contribution in [0.4, 0.5) is 5.69 Å². The fraction of sp³-hybridized carbons (Fsp3) is 0.316. The van der Waals surface area contributed by atoms with Crippen molar-refractivity contribution >= 4 is 34.7 Å². The van der Waals surface area contributed by atoms with Crippen LogP contribution in [-0.4, -0.2) is 27.6 Å². The van der Waals surface area contributed by atoms with Gasteiger partial charge in [-0.3, -0.25) is 15.6 Å². The zero-order chi connectivity index (χ0) is 19.5. The average Bonchev–Trinajstić information content (AvgIpc) is 2.54. The van der Waals surface area contributed by atoms with E-state index in [0.717, 1.165) is 5.56 Å². The monoisotopic (exact) mass is 375 g/mol. The Morgan fingerprint density at radius 1 is 1.31 bits per heavy atom. The number of rotatable bonds is 5. The van der Waals surface area contributed by atoms with Crippen molar-refractivity contribution in [1.29, 1.82) is 5.41 Å². The number of phenolic OH excluding ortho intramolecular Hbond substituents is 1. The van der Waals surface area contributed by atoms with Gasteiger partial charge in [-0.05, 0) is 41.7 Å². The number of hydrogen-bond acceptors (Lipinski definition) is 5. The van der Waals surface area contributed by atoms with Crippen LogP contribution in [0.25, 0.3) is 0 Å². The number of aliphatic carboxylic acids is 1. The molecule has 2 rings (SSSR count). The third kappa shape index (κ3) is 4.95. The number of hydrogen-bond donors (Lipinski definition) is 4. The van der Waals surface area contributed by atoms with Gasteiger partial charge in [-0.25, -0.2) is 0 Å². The van der Waals surface area contributed by atoms with Gasteiger partial charge < -0.3 is 10.2 Å². The molecular weight excluding hydrogens is 354 g/mol. The number of phenols is 1. The molecule has 1 aromatic carbocycles. The summed E-state index contributed by atoms with van der Waals surface area (Å²) in [6.45, 7) is 5.88. The smallest absolute Gasteiger partial charge is 0.303 e. The highest BCUT2D eigenvalue weighted by atomic mass is 35.5. The highest BCUT2D eigenvalue weighted by Gasteiger charge is 2.22. The largest absolute Gasteiger partial charge is 0.505 e. The lowest BCUT2D eigenvalue weighted by Crippen LogP contribution is -2.15. The SMILES string of the molecule is CC(C)(C)c1cc(CCC(=O)O)cc(N/N=C2/C=C(Cl)C=CC2=N)c1O. The summed E-state index contributed by atoms with van der Waals surface area (Å²) in [4.78, 5) is 10.9. The summed E-state index contributed by atoms with van der Waals surface area (Å²) in [5, 5.41) is 32.0. The zero-order valence-corrected chi connectivity index (χ0v) is 15.7. The predicted molar refractivity (Wildman–Crippen MR) is 105 cm³/mol.